The zero-order valence-electron chi connectivity index (χ0n) is 12.4. The molecule has 3 atom stereocenters. The molecule has 0 radical (unpaired) electrons. The average molecular weight is 332 g/mol. The molecule has 2 aromatic carbocycles. The fourth-order valence-corrected chi connectivity index (χ4v) is 5.10. The molecule has 120 valence electrons. The van der Waals surface area contributed by atoms with Gasteiger partial charge in [-0.2, -0.15) is 0 Å². The smallest absolute Gasteiger partial charge is 0.308 e. The monoisotopic (exact) mass is 332 g/mol. The second-order valence-electron chi connectivity index (χ2n) is 5.49. The standard InChI is InChI=1S/C17H16O5S/c1-22-12-9-7-11(8-10-12)14-15(17(18)19)16(14)23(20,21)13-5-3-2-4-6-13/h2-10,14-16H,1H3,(H,18,19)/t14-,15+,16+/m0/s1. The predicted molar refractivity (Wildman–Crippen MR) is 84.3 cm³/mol. The van der Waals surface area contributed by atoms with Crippen molar-refractivity contribution in [1.29, 1.82) is 0 Å². The van der Waals surface area contributed by atoms with Crippen molar-refractivity contribution >= 4 is 15.8 Å². The largest absolute Gasteiger partial charge is 0.497 e. The van der Waals surface area contributed by atoms with E-state index < -0.39 is 32.9 Å². The first-order valence-corrected chi connectivity index (χ1v) is 8.67. The summed E-state index contributed by atoms with van der Waals surface area (Å²) in [5.41, 5.74) is 0.697. The fraction of sp³-hybridized carbons (Fsp3) is 0.235. The minimum atomic E-state index is -3.69. The fourth-order valence-electron chi connectivity index (χ4n) is 2.95. The molecule has 1 saturated carbocycles. The average Bonchev–Trinajstić information content (AvgIpc) is 3.32. The van der Waals surface area contributed by atoms with Gasteiger partial charge in [-0.15, -0.1) is 0 Å². The van der Waals surface area contributed by atoms with Crippen LogP contribution in [0, 0.1) is 5.92 Å². The molecule has 0 bridgehead atoms. The van der Waals surface area contributed by atoms with Crippen LogP contribution in [0.2, 0.25) is 0 Å². The van der Waals surface area contributed by atoms with Crippen molar-refractivity contribution in [3.8, 4) is 5.75 Å². The van der Waals surface area contributed by atoms with Crippen LogP contribution in [0.4, 0.5) is 0 Å². The first-order valence-electron chi connectivity index (χ1n) is 7.12. The van der Waals surface area contributed by atoms with E-state index in [1.54, 1.807) is 42.5 Å². The van der Waals surface area contributed by atoms with Gasteiger partial charge in [0, 0.05) is 5.92 Å². The molecule has 0 unspecified atom stereocenters. The van der Waals surface area contributed by atoms with Crippen LogP contribution in [0.15, 0.2) is 59.5 Å². The summed E-state index contributed by atoms with van der Waals surface area (Å²) in [6.45, 7) is 0. The minimum absolute atomic E-state index is 0.160. The molecule has 6 heteroatoms. The van der Waals surface area contributed by atoms with Crippen LogP contribution in [0.3, 0.4) is 0 Å². The van der Waals surface area contributed by atoms with Crippen LogP contribution in [0.5, 0.6) is 5.75 Å². The molecule has 1 aliphatic rings. The Morgan fingerprint density at radius 2 is 1.65 bits per heavy atom. The van der Waals surface area contributed by atoms with Crippen molar-refractivity contribution in [3.63, 3.8) is 0 Å². The maximum absolute atomic E-state index is 12.7. The molecule has 2 aromatic rings. The van der Waals surface area contributed by atoms with Crippen LogP contribution in [-0.2, 0) is 14.6 Å². The molecular formula is C17H16O5S. The van der Waals surface area contributed by atoms with Crippen molar-refractivity contribution in [2.45, 2.75) is 16.1 Å². The van der Waals surface area contributed by atoms with Gasteiger partial charge in [-0.1, -0.05) is 30.3 Å². The highest BCUT2D eigenvalue weighted by Gasteiger charge is 2.63. The number of rotatable bonds is 5. The molecule has 23 heavy (non-hydrogen) atoms. The van der Waals surface area contributed by atoms with Gasteiger partial charge >= 0.3 is 5.97 Å². The summed E-state index contributed by atoms with van der Waals surface area (Å²) in [5, 5.41) is 8.44. The van der Waals surface area contributed by atoms with E-state index in [1.807, 2.05) is 0 Å². The molecule has 0 aromatic heterocycles. The minimum Gasteiger partial charge on any atom is -0.497 e. The Morgan fingerprint density at radius 1 is 1.04 bits per heavy atom. The number of ether oxygens (including phenoxy) is 1. The Balaban J connectivity index is 1.96. The molecule has 1 N–H and O–H groups in total. The number of hydrogen-bond acceptors (Lipinski definition) is 4. The molecule has 0 amide bonds. The molecule has 1 fully saturated rings. The number of sulfone groups is 1. The zero-order chi connectivity index (χ0) is 16.6. The molecular weight excluding hydrogens is 316 g/mol. The normalized spacial score (nSPS) is 23.3. The lowest BCUT2D eigenvalue weighted by Gasteiger charge is -2.04. The van der Waals surface area contributed by atoms with Gasteiger partial charge < -0.3 is 9.84 Å². The molecule has 1 aliphatic carbocycles. The van der Waals surface area contributed by atoms with Crippen molar-refractivity contribution in [3.05, 3.63) is 60.2 Å². The third kappa shape index (κ3) is 2.70. The Labute approximate surface area is 134 Å². The highest BCUT2D eigenvalue weighted by molar-refractivity contribution is 7.92. The number of hydrogen-bond donors (Lipinski definition) is 1. The Morgan fingerprint density at radius 3 is 2.17 bits per heavy atom. The van der Waals surface area contributed by atoms with Crippen LogP contribution in [-0.4, -0.2) is 31.9 Å². The second-order valence-corrected chi connectivity index (χ2v) is 7.59. The van der Waals surface area contributed by atoms with E-state index in [4.69, 9.17) is 4.74 Å². The molecule has 0 spiro atoms. The van der Waals surface area contributed by atoms with E-state index in [-0.39, 0.29) is 4.90 Å². The van der Waals surface area contributed by atoms with E-state index >= 15 is 0 Å². The summed E-state index contributed by atoms with van der Waals surface area (Å²) in [6, 6.07) is 14.8. The first kappa shape index (κ1) is 15.6. The maximum Gasteiger partial charge on any atom is 0.308 e. The van der Waals surface area contributed by atoms with Crippen molar-refractivity contribution in [1.82, 2.24) is 0 Å². The number of carbonyl (C=O) groups is 1. The van der Waals surface area contributed by atoms with Crippen LogP contribution >= 0.6 is 0 Å². The second kappa shape index (κ2) is 5.70. The van der Waals surface area contributed by atoms with Gasteiger partial charge in [-0.05, 0) is 29.8 Å². The quantitative estimate of drug-likeness (QED) is 0.909. The van der Waals surface area contributed by atoms with E-state index in [9.17, 15) is 18.3 Å². The molecule has 0 saturated heterocycles. The van der Waals surface area contributed by atoms with E-state index in [2.05, 4.69) is 0 Å². The predicted octanol–water partition coefficient (Wildman–Crippen LogP) is 2.34. The highest BCUT2D eigenvalue weighted by Crippen LogP contribution is 2.54. The topological polar surface area (TPSA) is 80.7 Å². The van der Waals surface area contributed by atoms with Crippen molar-refractivity contribution in [2.24, 2.45) is 5.92 Å². The molecule has 0 heterocycles. The zero-order valence-corrected chi connectivity index (χ0v) is 13.2. The lowest BCUT2D eigenvalue weighted by atomic mass is 10.1. The maximum atomic E-state index is 12.7. The van der Waals surface area contributed by atoms with Crippen LogP contribution < -0.4 is 4.74 Å². The van der Waals surface area contributed by atoms with E-state index in [1.165, 1.54) is 19.2 Å². The number of benzene rings is 2. The van der Waals surface area contributed by atoms with Gasteiger partial charge in [0.15, 0.2) is 9.84 Å². The van der Waals surface area contributed by atoms with Gasteiger partial charge in [0.1, 0.15) is 5.75 Å². The molecule has 5 nitrogen and oxygen atoms in total. The number of methoxy groups -OCH3 is 1. The van der Waals surface area contributed by atoms with Gasteiger partial charge in [-0.3, -0.25) is 4.79 Å². The first-order chi connectivity index (χ1) is 11.0. The Hall–Kier alpha value is -2.34. The van der Waals surface area contributed by atoms with Crippen LogP contribution in [0.25, 0.3) is 0 Å². The van der Waals surface area contributed by atoms with Crippen molar-refractivity contribution in [2.75, 3.05) is 7.11 Å². The number of carboxylic acid groups (broad SMARTS) is 1. The Kier molecular flexibility index (Phi) is 3.85. The van der Waals surface area contributed by atoms with E-state index in [0.29, 0.717) is 11.3 Å². The molecule has 3 rings (SSSR count). The summed E-state index contributed by atoms with van der Waals surface area (Å²) in [4.78, 5) is 11.6. The van der Waals surface area contributed by atoms with Gasteiger partial charge in [0.2, 0.25) is 0 Å². The lowest BCUT2D eigenvalue weighted by molar-refractivity contribution is -0.138. The number of aliphatic carboxylic acids is 1. The Bertz CT molecular complexity index is 812. The highest BCUT2D eigenvalue weighted by atomic mass is 32.2. The number of carboxylic acids is 1. The summed E-state index contributed by atoms with van der Waals surface area (Å²) in [7, 11) is -2.15. The van der Waals surface area contributed by atoms with E-state index in [0.717, 1.165) is 0 Å². The van der Waals surface area contributed by atoms with Gasteiger partial charge in [0.25, 0.3) is 0 Å². The lowest BCUT2D eigenvalue weighted by Crippen LogP contribution is -2.13. The van der Waals surface area contributed by atoms with Crippen molar-refractivity contribution < 1.29 is 23.1 Å². The summed E-state index contributed by atoms with van der Waals surface area (Å²) in [6.07, 6.45) is 0. The SMILES string of the molecule is COc1ccc([C@H]2[C@@H](C(=O)O)[C@@H]2S(=O)(=O)c2ccccc2)cc1. The summed E-state index contributed by atoms with van der Waals surface area (Å²) < 4.78 is 30.5. The summed E-state index contributed by atoms with van der Waals surface area (Å²) >= 11 is 0. The van der Waals surface area contributed by atoms with Gasteiger partial charge in [0.05, 0.1) is 23.2 Å². The third-order valence-corrected chi connectivity index (χ3v) is 6.40. The van der Waals surface area contributed by atoms with Gasteiger partial charge in [-0.25, -0.2) is 8.42 Å². The molecule has 0 aliphatic heterocycles. The third-order valence-electron chi connectivity index (χ3n) is 4.17. The van der Waals surface area contributed by atoms with Crippen LogP contribution in [0.1, 0.15) is 11.5 Å². The summed E-state index contributed by atoms with van der Waals surface area (Å²) in [5.74, 6) is -1.91.